The normalized spacial score (nSPS) is 18.7. The van der Waals surface area contributed by atoms with Gasteiger partial charge in [-0.2, -0.15) is 9.97 Å². The molecule has 0 amide bonds. The van der Waals surface area contributed by atoms with Crippen molar-refractivity contribution in [1.29, 1.82) is 0 Å². The summed E-state index contributed by atoms with van der Waals surface area (Å²) < 4.78 is 10.3. The number of rotatable bonds is 3. The molecule has 1 aromatic rings. The molecule has 15 heavy (non-hydrogen) atoms. The van der Waals surface area contributed by atoms with Crippen molar-refractivity contribution in [2.24, 2.45) is 0 Å². The zero-order valence-electron chi connectivity index (χ0n) is 9.20. The van der Waals surface area contributed by atoms with Gasteiger partial charge >= 0.3 is 6.01 Å². The highest BCUT2D eigenvalue weighted by Gasteiger charge is 2.27. The first kappa shape index (κ1) is 10.2. The van der Waals surface area contributed by atoms with Crippen LogP contribution < -0.4 is 14.8 Å². The van der Waals surface area contributed by atoms with E-state index in [1.54, 1.807) is 14.2 Å². The molecule has 0 radical (unpaired) electrons. The third-order valence-electron chi connectivity index (χ3n) is 2.62. The van der Waals surface area contributed by atoms with Gasteiger partial charge in [0, 0.05) is 6.54 Å². The van der Waals surface area contributed by atoms with E-state index in [4.69, 9.17) is 9.47 Å². The minimum atomic E-state index is 0.283. The summed E-state index contributed by atoms with van der Waals surface area (Å²) in [4.78, 5) is 8.51. The van der Waals surface area contributed by atoms with Crippen molar-refractivity contribution in [3.05, 3.63) is 11.3 Å². The molecule has 0 bridgehead atoms. The highest BCUT2D eigenvalue weighted by atomic mass is 16.5. The number of ether oxygens (including phenoxy) is 2. The minimum Gasteiger partial charge on any atom is -0.481 e. The molecule has 82 valence electrons. The van der Waals surface area contributed by atoms with Crippen molar-refractivity contribution in [3.8, 4) is 11.9 Å². The van der Waals surface area contributed by atoms with E-state index in [1.165, 1.54) is 0 Å². The molecule has 1 aromatic heterocycles. The van der Waals surface area contributed by atoms with Crippen LogP contribution in [-0.2, 0) is 6.54 Å². The summed E-state index contributed by atoms with van der Waals surface area (Å²) in [6, 6.07) is 0.651. The summed E-state index contributed by atoms with van der Waals surface area (Å²) in [5.74, 6) is 0.611. The molecule has 0 spiro atoms. The number of nitrogens with one attached hydrogen (secondary N) is 1. The van der Waals surface area contributed by atoms with Gasteiger partial charge in [0.1, 0.15) is 0 Å². The number of nitrogens with zero attached hydrogens (tertiary/aromatic N) is 2. The Kier molecular flexibility index (Phi) is 2.73. The van der Waals surface area contributed by atoms with Crippen LogP contribution in [0.15, 0.2) is 0 Å². The fraction of sp³-hybridized carbons (Fsp3) is 0.600. The van der Waals surface area contributed by atoms with Gasteiger partial charge in [0.25, 0.3) is 0 Å². The molecule has 0 saturated heterocycles. The van der Waals surface area contributed by atoms with Crippen molar-refractivity contribution in [1.82, 2.24) is 15.3 Å². The maximum absolute atomic E-state index is 5.22. The summed E-state index contributed by atoms with van der Waals surface area (Å²) in [7, 11) is 3.17. The van der Waals surface area contributed by atoms with Gasteiger partial charge in [0.05, 0.1) is 31.5 Å². The van der Waals surface area contributed by atoms with E-state index in [1.807, 2.05) is 0 Å². The summed E-state index contributed by atoms with van der Waals surface area (Å²) in [5, 5.41) is 3.36. The molecular weight excluding hydrogens is 194 g/mol. The van der Waals surface area contributed by atoms with Crippen molar-refractivity contribution in [3.63, 3.8) is 0 Å². The standard InChI is InChI=1S/C10H15N3O2/c1-4-7-8-6(5-11-7)9(14-2)13-10(12-8)15-3/h7,11H,4-5H2,1-3H3. The average molecular weight is 209 g/mol. The van der Waals surface area contributed by atoms with Crippen molar-refractivity contribution < 1.29 is 9.47 Å². The van der Waals surface area contributed by atoms with Crippen LogP contribution in [0.3, 0.4) is 0 Å². The summed E-state index contributed by atoms with van der Waals surface area (Å²) in [6.45, 7) is 2.88. The van der Waals surface area contributed by atoms with Crippen LogP contribution in [0.25, 0.3) is 0 Å². The van der Waals surface area contributed by atoms with Gasteiger partial charge < -0.3 is 14.8 Å². The Morgan fingerprint density at radius 2 is 2.13 bits per heavy atom. The minimum absolute atomic E-state index is 0.283. The Bertz CT molecular complexity index is 368. The van der Waals surface area contributed by atoms with Crippen LogP contribution in [0.1, 0.15) is 30.6 Å². The van der Waals surface area contributed by atoms with E-state index >= 15 is 0 Å². The second kappa shape index (κ2) is 4.02. The molecule has 0 aromatic carbocycles. The van der Waals surface area contributed by atoms with Gasteiger partial charge in [-0.1, -0.05) is 6.92 Å². The van der Waals surface area contributed by atoms with E-state index in [2.05, 4.69) is 22.2 Å². The summed E-state index contributed by atoms with van der Waals surface area (Å²) >= 11 is 0. The molecule has 1 N–H and O–H groups in total. The highest BCUT2D eigenvalue weighted by Crippen LogP contribution is 2.32. The predicted molar refractivity (Wildman–Crippen MR) is 55.0 cm³/mol. The zero-order chi connectivity index (χ0) is 10.8. The molecule has 2 rings (SSSR count). The SMILES string of the molecule is CCC1NCc2c(OC)nc(OC)nc21. The Hall–Kier alpha value is -1.36. The first-order valence-electron chi connectivity index (χ1n) is 5.02. The molecule has 1 unspecified atom stereocenters. The van der Waals surface area contributed by atoms with Crippen LogP contribution in [-0.4, -0.2) is 24.2 Å². The maximum atomic E-state index is 5.22. The molecule has 1 aliphatic heterocycles. The lowest BCUT2D eigenvalue weighted by Gasteiger charge is -2.09. The van der Waals surface area contributed by atoms with Gasteiger partial charge in [0.2, 0.25) is 5.88 Å². The van der Waals surface area contributed by atoms with Gasteiger partial charge in [-0.3, -0.25) is 0 Å². The Labute approximate surface area is 88.8 Å². The lowest BCUT2D eigenvalue weighted by Crippen LogP contribution is -2.11. The van der Waals surface area contributed by atoms with E-state index in [0.29, 0.717) is 11.9 Å². The summed E-state index contributed by atoms with van der Waals surface area (Å²) in [6.07, 6.45) is 0.996. The number of aromatic nitrogens is 2. The maximum Gasteiger partial charge on any atom is 0.319 e. The fourth-order valence-electron chi connectivity index (χ4n) is 1.83. The third kappa shape index (κ3) is 1.63. The van der Waals surface area contributed by atoms with E-state index < -0.39 is 0 Å². The molecule has 5 nitrogen and oxygen atoms in total. The quantitative estimate of drug-likeness (QED) is 0.806. The van der Waals surface area contributed by atoms with Gasteiger partial charge in [-0.25, -0.2) is 0 Å². The summed E-state index contributed by atoms with van der Waals surface area (Å²) in [5.41, 5.74) is 2.05. The van der Waals surface area contributed by atoms with E-state index in [9.17, 15) is 0 Å². The third-order valence-corrected chi connectivity index (χ3v) is 2.62. The highest BCUT2D eigenvalue weighted by molar-refractivity contribution is 5.37. The van der Waals surface area contributed by atoms with Crippen LogP contribution in [0, 0.1) is 0 Å². The fourth-order valence-corrected chi connectivity index (χ4v) is 1.83. The largest absolute Gasteiger partial charge is 0.481 e. The lowest BCUT2D eigenvalue weighted by molar-refractivity contribution is 0.348. The molecular formula is C10H15N3O2. The second-order valence-electron chi connectivity index (χ2n) is 3.43. The van der Waals surface area contributed by atoms with Gasteiger partial charge in [0.15, 0.2) is 0 Å². The van der Waals surface area contributed by atoms with Crippen LogP contribution in [0.2, 0.25) is 0 Å². The van der Waals surface area contributed by atoms with Crippen LogP contribution >= 0.6 is 0 Å². The van der Waals surface area contributed by atoms with Crippen LogP contribution in [0.4, 0.5) is 0 Å². The molecule has 5 heteroatoms. The van der Waals surface area contributed by atoms with Gasteiger partial charge in [-0.05, 0) is 6.42 Å². The first-order chi connectivity index (χ1) is 7.30. The Balaban J connectivity index is 2.48. The smallest absolute Gasteiger partial charge is 0.319 e. The van der Waals surface area contributed by atoms with E-state index in [0.717, 1.165) is 24.2 Å². The second-order valence-corrected chi connectivity index (χ2v) is 3.43. The monoisotopic (exact) mass is 209 g/mol. The molecule has 2 heterocycles. The topological polar surface area (TPSA) is 56.3 Å². The Morgan fingerprint density at radius 3 is 2.73 bits per heavy atom. The van der Waals surface area contributed by atoms with Crippen LogP contribution in [0.5, 0.6) is 11.9 Å². The Morgan fingerprint density at radius 1 is 1.33 bits per heavy atom. The van der Waals surface area contributed by atoms with Crippen molar-refractivity contribution in [2.75, 3.05) is 14.2 Å². The zero-order valence-corrected chi connectivity index (χ0v) is 9.20. The number of hydrogen-bond donors (Lipinski definition) is 1. The van der Waals surface area contributed by atoms with E-state index in [-0.39, 0.29) is 6.04 Å². The molecule has 1 aliphatic rings. The molecule has 0 aliphatic carbocycles. The van der Waals surface area contributed by atoms with Gasteiger partial charge in [-0.15, -0.1) is 0 Å². The number of fused-ring (bicyclic) bond motifs is 1. The molecule has 0 saturated carbocycles. The lowest BCUT2D eigenvalue weighted by atomic mass is 10.1. The van der Waals surface area contributed by atoms with Crippen molar-refractivity contribution >= 4 is 0 Å². The molecule has 1 atom stereocenters. The molecule has 0 fully saturated rings. The average Bonchev–Trinajstić information content (AvgIpc) is 2.70. The predicted octanol–water partition coefficient (Wildman–Crippen LogP) is 1.05. The first-order valence-corrected chi connectivity index (χ1v) is 5.02. The number of methoxy groups -OCH3 is 2. The number of hydrogen-bond acceptors (Lipinski definition) is 5. The van der Waals surface area contributed by atoms with Crippen molar-refractivity contribution in [2.45, 2.75) is 25.9 Å².